The van der Waals surface area contributed by atoms with Crippen molar-refractivity contribution in [3.05, 3.63) is 41.5 Å². The number of carbonyl (C=O) groups is 1. The highest BCUT2D eigenvalue weighted by molar-refractivity contribution is 5.93. The SMILES string of the molecule is CCCNCCNC(=O)c1nnn(-c2ccc(F)cc2)c1C(F)(F)F.Cl. The Balaban J connectivity index is 0.00000338. The summed E-state index contributed by atoms with van der Waals surface area (Å²) in [5, 5.41) is 12.1. The lowest BCUT2D eigenvalue weighted by molar-refractivity contribution is -0.143. The maximum atomic E-state index is 13.4. The molecule has 0 radical (unpaired) electrons. The van der Waals surface area contributed by atoms with E-state index in [4.69, 9.17) is 0 Å². The zero-order valence-electron chi connectivity index (χ0n) is 13.8. The van der Waals surface area contributed by atoms with Crippen molar-refractivity contribution in [3.63, 3.8) is 0 Å². The molecule has 0 aliphatic carbocycles. The van der Waals surface area contributed by atoms with Crippen LogP contribution in [0.2, 0.25) is 0 Å². The van der Waals surface area contributed by atoms with Crippen LogP contribution in [0.5, 0.6) is 0 Å². The number of carbonyl (C=O) groups excluding carboxylic acids is 1. The summed E-state index contributed by atoms with van der Waals surface area (Å²) in [6.45, 7) is 3.28. The minimum atomic E-state index is -4.86. The number of benzene rings is 1. The van der Waals surface area contributed by atoms with E-state index in [2.05, 4.69) is 20.9 Å². The first kappa shape index (κ1) is 21.8. The normalized spacial score (nSPS) is 11.1. The fourth-order valence-corrected chi connectivity index (χ4v) is 2.10. The van der Waals surface area contributed by atoms with Crippen LogP contribution in [0.1, 0.15) is 29.5 Å². The molecular weight excluding hydrogens is 378 g/mol. The molecule has 2 N–H and O–H groups in total. The van der Waals surface area contributed by atoms with E-state index < -0.39 is 29.3 Å². The number of aromatic nitrogens is 3. The van der Waals surface area contributed by atoms with Crippen molar-refractivity contribution in [1.29, 1.82) is 0 Å². The van der Waals surface area contributed by atoms with Gasteiger partial charge in [-0.15, -0.1) is 17.5 Å². The highest BCUT2D eigenvalue weighted by Crippen LogP contribution is 2.32. The monoisotopic (exact) mass is 395 g/mol. The van der Waals surface area contributed by atoms with E-state index in [0.717, 1.165) is 37.2 Å². The lowest BCUT2D eigenvalue weighted by atomic mass is 10.2. The standard InChI is InChI=1S/C15H17F4N5O.ClH/c1-2-7-20-8-9-21-14(25)12-13(15(17,18)19)24(23-22-12)11-5-3-10(16)4-6-11;/h3-6,20H,2,7-9H2,1H3,(H,21,25);1H. The number of nitrogens with one attached hydrogen (secondary N) is 2. The van der Waals surface area contributed by atoms with Gasteiger partial charge in [-0.3, -0.25) is 4.79 Å². The maximum Gasteiger partial charge on any atom is 0.435 e. The van der Waals surface area contributed by atoms with Crippen molar-refractivity contribution in [1.82, 2.24) is 25.6 Å². The molecule has 144 valence electrons. The van der Waals surface area contributed by atoms with Crippen LogP contribution in [0.15, 0.2) is 24.3 Å². The average Bonchev–Trinajstić information content (AvgIpc) is 3.00. The van der Waals surface area contributed by atoms with Crippen LogP contribution in [0.3, 0.4) is 0 Å². The highest BCUT2D eigenvalue weighted by atomic mass is 35.5. The van der Waals surface area contributed by atoms with Crippen molar-refractivity contribution in [3.8, 4) is 5.69 Å². The summed E-state index contributed by atoms with van der Waals surface area (Å²) in [6, 6.07) is 4.23. The van der Waals surface area contributed by atoms with Crippen LogP contribution in [0.25, 0.3) is 5.69 Å². The Hall–Kier alpha value is -2.20. The molecule has 1 heterocycles. The first-order valence-electron chi connectivity index (χ1n) is 7.62. The number of amides is 1. The van der Waals surface area contributed by atoms with Crippen molar-refractivity contribution < 1.29 is 22.4 Å². The molecule has 0 fully saturated rings. The third-order valence-corrected chi connectivity index (χ3v) is 3.24. The Kier molecular flexibility index (Phi) is 7.97. The Bertz CT molecular complexity index is 718. The largest absolute Gasteiger partial charge is 0.435 e. The molecule has 1 amide bonds. The molecule has 11 heteroatoms. The average molecular weight is 396 g/mol. The van der Waals surface area contributed by atoms with Crippen LogP contribution in [-0.4, -0.2) is 40.5 Å². The van der Waals surface area contributed by atoms with Crippen LogP contribution < -0.4 is 10.6 Å². The van der Waals surface area contributed by atoms with Gasteiger partial charge < -0.3 is 10.6 Å². The van der Waals surface area contributed by atoms with Gasteiger partial charge in [-0.1, -0.05) is 12.1 Å². The molecule has 0 saturated carbocycles. The first-order chi connectivity index (χ1) is 11.8. The lowest BCUT2D eigenvalue weighted by Gasteiger charge is -2.11. The number of alkyl halides is 3. The van der Waals surface area contributed by atoms with Gasteiger partial charge in [-0.25, -0.2) is 9.07 Å². The molecule has 0 spiro atoms. The van der Waals surface area contributed by atoms with Crippen LogP contribution in [0.4, 0.5) is 17.6 Å². The summed E-state index contributed by atoms with van der Waals surface area (Å²) in [6.07, 6.45) is -3.96. The zero-order valence-corrected chi connectivity index (χ0v) is 14.6. The van der Waals surface area contributed by atoms with E-state index in [-0.39, 0.29) is 24.6 Å². The molecule has 0 aliphatic rings. The fourth-order valence-electron chi connectivity index (χ4n) is 2.10. The van der Waals surface area contributed by atoms with Crippen molar-refractivity contribution in [2.45, 2.75) is 19.5 Å². The molecule has 26 heavy (non-hydrogen) atoms. The van der Waals surface area contributed by atoms with E-state index in [1.807, 2.05) is 6.92 Å². The van der Waals surface area contributed by atoms with Crippen molar-refractivity contribution in [2.75, 3.05) is 19.6 Å². The van der Waals surface area contributed by atoms with Gasteiger partial charge in [0.25, 0.3) is 5.91 Å². The number of hydrogen-bond donors (Lipinski definition) is 2. The van der Waals surface area contributed by atoms with E-state index in [1.165, 1.54) is 0 Å². The molecule has 1 aromatic heterocycles. The lowest BCUT2D eigenvalue weighted by Crippen LogP contribution is -2.33. The molecule has 1 aromatic carbocycles. The number of halogens is 5. The van der Waals surface area contributed by atoms with Gasteiger partial charge in [0.2, 0.25) is 0 Å². The minimum absolute atomic E-state index is 0. The van der Waals surface area contributed by atoms with Gasteiger partial charge in [0.15, 0.2) is 11.4 Å². The molecule has 0 unspecified atom stereocenters. The predicted octanol–water partition coefficient (Wildman–Crippen LogP) is 2.58. The Morgan fingerprint density at radius 3 is 2.38 bits per heavy atom. The summed E-state index contributed by atoms with van der Waals surface area (Å²) < 4.78 is 53.6. The van der Waals surface area contributed by atoms with Gasteiger partial charge in [0, 0.05) is 13.1 Å². The van der Waals surface area contributed by atoms with E-state index >= 15 is 0 Å². The topological polar surface area (TPSA) is 71.8 Å². The molecule has 2 rings (SSSR count). The molecule has 0 atom stereocenters. The Morgan fingerprint density at radius 2 is 1.81 bits per heavy atom. The third-order valence-electron chi connectivity index (χ3n) is 3.24. The second-order valence-electron chi connectivity index (χ2n) is 5.18. The highest BCUT2D eigenvalue weighted by Gasteiger charge is 2.41. The maximum absolute atomic E-state index is 13.4. The first-order valence-corrected chi connectivity index (χ1v) is 7.62. The quantitative estimate of drug-likeness (QED) is 0.558. The molecule has 0 aliphatic heterocycles. The number of hydrogen-bond acceptors (Lipinski definition) is 4. The zero-order chi connectivity index (χ0) is 18.4. The van der Waals surface area contributed by atoms with Gasteiger partial charge in [-0.05, 0) is 37.2 Å². The molecule has 2 aromatic rings. The summed E-state index contributed by atoms with van der Waals surface area (Å²) in [5.41, 5.74) is -2.18. The van der Waals surface area contributed by atoms with Crippen molar-refractivity contribution in [2.24, 2.45) is 0 Å². The second kappa shape index (κ2) is 9.48. The molecule has 0 bridgehead atoms. The smallest absolute Gasteiger partial charge is 0.349 e. The summed E-state index contributed by atoms with van der Waals surface area (Å²) >= 11 is 0. The number of nitrogens with zero attached hydrogens (tertiary/aromatic N) is 3. The molecular formula is C15H18ClF4N5O. The Morgan fingerprint density at radius 1 is 1.15 bits per heavy atom. The minimum Gasteiger partial charge on any atom is -0.349 e. The summed E-state index contributed by atoms with van der Waals surface area (Å²) in [5.74, 6) is -1.58. The number of rotatable bonds is 7. The molecule has 6 nitrogen and oxygen atoms in total. The van der Waals surface area contributed by atoms with Gasteiger partial charge >= 0.3 is 6.18 Å². The molecule has 0 saturated heterocycles. The van der Waals surface area contributed by atoms with E-state index in [9.17, 15) is 22.4 Å². The van der Waals surface area contributed by atoms with Gasteiger partial charge in [0.05, 0.1) is 5.69 Å². The van der Waals surface area contributed by atoms with Gasteiger partial charge in [-0.2, -0.15) is 13.2 Å². The van der Waals surface area contributed by atoms with Gasteiger partial charge in [0.1, 0.15) is 5.82 Å². The van der Waals surface area contributed by atoms with Crippen LogP contribution >= 0.6 is 12.4 Å². The third kappa shape index (κ3) is 5.40. The Labute approximate surface area is 153 Å². The second-order valence-corrected chi connectivity index (χ2v) is 5.18. The van der Waals surface area contributed by atoms with Crippen molar-refractivity contribution >= 4 is 18.3 Å². The summed E-state index contributed by atoms with van der Waals surface area (Å²) in [4.78, 5) is 12.0. The predicted molar refractivity (Wildman–Crippen MR) is 89.1 cm³/mol. The van der Waals surface area contributed by atoms with E-state index in [0.29, 0.717) is 11.2 Å². The fraction of sp³-hybridized carbons (Fsp3) is 0.400. The van der Waals surface area contributed by atoms with E-state index in [1.54, 1.807) is 0 Å². The van der Waals surface area contributed by atoms with Crippen LogP contribution in [0, 0.1) is 5.82 Å². The van der Waals surface area contributed by atoms with Crippen LogP contribution in [-0.2, 0) is 6.18 Å². The summed E-state index contributed by atoms with van der Waals surface area (Å²) in [7, 11) is 0.